The van der Waals surface area contributed by atoms with Crippen molar-refractivity contribution >= 4 is 35.3 Å². The zero-order chi connectivity index (χ0) is 17.8. The van der Waals surface area contributed by atoms with Crippen LogP contribution in [0, 0.1) is 0 Å². The Balaban J connectivity index is 0.00000210. The number of hydrogen-bond acceptors (Lipinski definition) is 4. The van der Waals surface area contributed by atoms with Crippen molar-refractivity contribution in [2.45, 2.75) is 31.7 Å². The van der Waals surface area contributed by atoms with E-state index in [1.807, 2.05) is 17.5 Å². The molecule has 4 nitrogen and oxygen atoms in total. The smallest absolute Gasteiger partial charge is 0.261 e. The van der Waals surface area contributed by atoms with Crippen LogP contribution in [0.1, 0.15) is 34.5 Å². The Morgan fingerprint density at radius 3 is 2.89 bits per heavy atom. The largest absolute Gasteiger partial charge is 0.366 e. The minimum absolute atomic E-state index is 0. The molecule has 3 heterocycles. The van der Waals surface area contributed by atoms with Crippen LogP contribution in [-0.2, 0) is 6.42 Å². The van der Waals surface area contributed by atoms with Crippen molar-refractivity contribution in [2.75, 3.05) is 37.6 Å². The van der Waals surface area contributed by atoms with Crippen molar-refractivity contribution in [3.05, 3.63) is 52.2 Å². The SMILES string of the molecule is Cl.O=C(NCCCCN1CCN2c3ccccc3CCC2C1)c1cccs1. The van der Waals surface area contributed by atoms with Crippen molar-refractivity contribution in [1.82, 2.24) is 10.2 Å². The predicted octanol–water partition coefficient (Wildman–Crippen LogP) is 3.82. The Morgan fingerprint density at radius 2 is 2.04 bits per heavy atom. The third-order valence-corrected chi connectivity index (χ3v) is 6.42. The fourth-order valence-corrected chi connectivity index (χ4v) is 4.81. The average Bonchev–Trinajstić information content (AvgIpc) is 3.22. The number of aryl methyl sites for hydroxylation is 1. The number of anilines is 1. The number of nitrogens with zero attached hydrogens (tertiary/aromatic N) is 2. The number of piperazine rings is 1. The van der Waals surface area contributed by atoms with E-state index in [0.717, 1.165) is 43.9 Å². The normalized spacial score (nSPS) is 19.0. The van der Waals surface area contributed by atoms with Gasteiger partial charge in [0.25, 0.3) is 5.91 Å². The highest BCUT2D eigenvalue weighted by Crippen LogP contribution is 2.32. The number of amides is 1. The highest BCUT2D eigenvalue weighted by Gasteiger charge is 2.30. The van der Waals surface area contributed by atoms with Crippen LogP contribution in [0.5, 0.6) is 0 Å². The monoisotopic (exact) mass is 405 g/mol. The van der Waals surface area contributed by atoms with Crippen molar-refractivity contribution in [3.8, 4) is 0 Å². The molecule has 2 aromatic rings. The van der Waals surface area contributed by atoms with E-state index in [4.69, 9.17) is 0 Å². The number of carbonyl (C=O) groups is 1. The van der Waals surface area contributed by atoms with Crippen LogP contribution in [0.4, 0.5) is 5.69 Å². The molecule has 6 heteroatoms. The molecule has 1 aromatic carbocycles. The Morgan fingerprint density at radius 1 is 1.15 bits per heavy atom. The maximum atomic E-state index is 11.9. The number of benzene rings is 1. The second-order valence-electron chi connectivity index (χ2n) is 7.26. The lowest BCUT2D eigenvalue weighted by atomic mass is 9.94. The zero-order valence-electron chi connectivity index (χ0n) is 15.6. The van der Waals surface area contributed by atoms with Crippen molar-refractivity contribution in [2.24, 2.45) is 0 Å². The predicted molar refractivity (Wildman–Crippen MR) is 115 cm³/mol. The number of thiophene rings is 1. The quantitative estimate of drug-likeness (QED) is 0.742. The van der Waals surface area contributed by atoms with E-state index in [1.54, 1.807) is 0 Å². The zero-order valence-corrected chi connectivity index (χ0v) is 17.2. The van der Waals surface area contributed by atoms with Crippen molar-refractivity contribution in [1.29, 1.82) is 0 Å². The van der Waals surface area contributed by atoms with Gasteiger partial charge in [-0.15, -0.1) is 23.7 Å². The second-order valence-corrected chi connectivity index (χ2v) is 8.20. The molecule has 0 aliphatic carbocycles. The molecule has 0 saturated carbocycles. The number of halogens is 1. The number of para-hydroxylation sites is 1. The summed E-state index contributed by atoms with van der Waals surface area (Å²) in [7, 11) is 0. The third-order valence-electron chi connectivity index (χ3n) is 5.55. The van der Waals surface area contributed by atoms with E-state index >= 15 is 0 Å². The van der Waals surface area contributed by atoms with Crippen LogP contribution in [0.15, 0.2) is 41.8 Å². The summed E-state index contributed by atoms with van der Waals surface area (Å²) in [6.07, 6.45) is 4.67. The molecule has 1 atom stereocenters. The van der Waals surface area contributed by atoms with Gasteiger partial charge in [0.1, 0.15) is 0 Å². The maximum absolute atomic E-state index is 11.9. The number of rotatable bonds is 6. The molecule has 146 valence electrons. The van der Waals surface area contributed by atoms with Gasteiger partial charge < -0.3 is 10.2 Å². The summed E-state index contributed by atoms with van der Waals surface area (Å²) < 4.78 is 0. The standard InChI is InChI=1S/C21H27N3OS.ClH/c25-21(20-8-5-15-26-20)22-11-3-4-12-23-13-14-24-18(16-23)10-9-17-6-1-2-7-19(17)24;/h1-2,5-8,15,18H,3-4,9-14,16H2,(H,22,25);1H. The summed E-state index contributed by atoms with van der Waals surface area (Å²) in [5.74, 6) is 0.0643. The molecule has 1 aromatic heterocycles. The van der Waals surface area contributed by atoms with E-state index < -0.39 is 0 Å². The fraction of sp³-hybridized carbons (Fsp3) is 0.476. The summed E-state index contributed by atoms with van der Waals surface area (Å²) in [6.45, 7) is 5.37. The molecule has 1 saturated heterocycles. The number of fused-ring (bicyclic) bond motifs is 3. The van der Waals surface area contributed by atoms with Crippen LogP contribution < -0.4 is 10.2 Å². The van der Waals surface area contributed by atoms with Gasteiger partial charge in [-0.1, -0.05) is 24.3 Å². The van der Waals surface area contributed by atoms with Gasteiger partial charge in [0, 0.05) is 37.9 Å². The molecule has 0 radical (unpaired) electrons. The summed E-state index contributed by atoms with van der Waals surface area (Å²) in [5, 5.41) is 4.97. The first kappa shape index (κ1) is 20.2. The lowest BCUT2D eigenvalue weighted by Crippen LogP contribution is -2.55. The van der Waals surface area contributed by atoms with Crippen LogP contribution in [0.25, 0.3) is 0 Å². The first-order valence-corrected chi connectivity index (χ1v) is 10.6. The summed E-state index contributed by atoms with van der Waals surface area (Å²) in [4.78, 5) is 17.9. The molecule has 1 fully saturated rings. The minimum Gasteiger partial charge on any atom is -0.366 e. The van der Waals surface area contributed by atoms with E-state index in [0.29, 0.717) is 6.04 Å². The van der Waals surface area contributed by atoms with Crippen LogP contribution >= 0.6 is 23.7 Å². The van der Waals surface area contributed by atoms with E-state index in [9.17, 15) is 4.79 Å². The molecule has 1 unspecified atom stereocenters. The number of hydrogen-bond donors (Lipinski definition) is 1. The molecule has 27 heavy (non-hydrogen) atoms. The second kappa shape index (κ2) is 9.58. The first-order valence-electron chi connectivity index (χ1n) is 9.70. The van der Waals surface area contributed by atoms with Crippen LogP contribution in [0.2, 0.25) is 0 Å². The first-order chi connectivity index (χ1) is 12.8. The molecule has 2 aliphatic rings. The third kappa shape index (κ3) is 4.84. The van der Waals surface area contributed by atoms with Gasteiger partial charge in [0.15, 0.2) is 0 Å². The Hall–Kier alpha value is -1.56. The highest BCUT2D eigenvalue weighted by atomic mass is 35.5. The van der Waals surface area contributed by atoms with Gasteiger partial charge in [-0.05, 0) is 55.3 Å². The molecule has 0 bridgehead atoms. The van der Waals surface area contributed by atoms with E-state index in [1.165, 1.54) is 42.0 Å². The topological polar surface area (TPSA) is 35.6 Å². The lowest BCUT2D eigenvalue weighted by molar-refractivity contribution is 0.0956. The minimum atomic E-state index is 0. The summed E-state index contributed by atoms with van der Waals surface area (Å²) in [6, 6.07) is 13.3. The van der Waals surface area contributed by atoms with Gasteiger partial charge in [0.2, 0.25) is 0 Å². The Kier molecular flexibility index (Phi) is 7.16. The molecule has 4 rings (SSSR count). The van der Waals surface area contributed by atoms with Gasteiger partial charge in [-0.25, -0.2) is 0 Å². The van der Waals surface area contributed by atoms with Crippen LogP contribution in [0.3, 0.4) is 0 Å². The van der Waals surface area contributed by atoms with Gasteiger partial charge >= 0.3 is 0 Å². The fourth-order valence-electron chi connectivity index (χ4n) is 4.17. The average molecular weight is 406 g/mol. The molecule has 1 amide bonds. The van der Waals surface area contributed by atoms with Gasteiger partial charge in [0.05, 0.1) is 4.88 Å². The molecular formula is C21H28ClN3OS. The van der Waals surface area contributed by atoms with Crippen molar-refractivity contribution in [3.63, 3.8) is 0 Å². The molecular weight excluding hydrogens is 378 g/mol. The molecule has 0 spiro atoms. The van der Waals surface area contributed by atoms with Crippen LogP contribution in [-0.4, -0.2) is 49.6 Å². The van der Waals surface area contributed by atoms with Gasteiger partial charge in [-0.3, -0.25) is 9.69 Å². The lowest BCUT2D eigenvalue weighted by Gasteiger charge is -2.46. The number of unbranched alkanes of at least 4 members (excludes halogenated alkanes) is 1. The summed E-state index contributed by atoms with van der Waals surface area (Å²) >= 11 is 1.50. The molecule has 1 N–H and O–H groups in total. The Bertz CT molecular complexity index is 737. The number of carbonyl (C=O) groups excluding carboxylic acids is 1. The molecule has 2 aliphatic heterocycles. The van der Waals surface area contributed by atoms with E-state index in [2.05, 4.69) is 39.4 Å². The highest BCUT2D eigenvalue weighted by molar-refractivity contribution is 7.12. The van der Waals surface area contributed by atoms with E-state index in [-0.39, 0.29) is 18.3 Å². The van der Waals surface area contributed by atoms with Gasteiger partial charge in [-0.2, -0.15) is 0 Å². The van der Waals surface area contributed by atoms with Crippen molar-refractivity contribution < 1.29 is 4.79 Å². The summed E-state index contributed by atoms with van der Waals surface area (Å²) in [5.41, 5.74) is 2.97. The Labute approximate surface area is 172 Å². The number of nitrogens with one attached hydrogen (secondary N) is 1. The maximum Gasteiger partial charge on any atom is 0.261 e.